The molecular formula is C32H38N6O3. The highest BCUT2D eigenvalue weighted by Gasteiger charge is 2.47. The molecule has 3 aromatic heterocycles. The van der Waals surface area contributed by atoms with Gasteiger partial charge >= 0.3 is 0 Å². The topological polar surface area (TPSA) is 100 Å². The van der Waals surface area contributed by atoms with E-state index < -0.39 is 0 Å². The first kappa shape index (κ1) is 25.3. The average molecular weight is 555 g/mol. The van der Waals surface area contributed by atoms with Gasteiger partial charge in [-0.1, -0.05) is 0 Å². The first-order chi connectivity index (χ1) is 20.0. The predicted octanol–water partition coefficient (Wildman–Crippen LogP) is 4.46. The molecule has 4 aliphatic rings. The van der Waals surface area contributed by atoms with Crippen LogP contribution in [0.5, 0.6) is 5.75 Å². The molecule has 9 nitrogen and oxygen atoms in total. The van der Waals surface area contributed by atoms with Gasteiger partial charge in [0.25, 0.3) is 5.91 Å². The van der Waals surface area contributed by atoms with Crippen molar-refractivity contribution >= 4 is 28.0 Å². The number of amides is 1. The van der Waals surface area contributed by atoms with E-state index in [1.54, 1.807) is 14.2 Å². The second-order valence-electron chi connectivity index (χ2n) is 12.7. The van der Waals surface area contributed by atoms with Crippen LogP contribution in [0.1, 0.15) is 48.9 Å². The highest BCUT2D eigenvalue weighted by molar-refractivity contribution is 6.00. The van der Waals surface area contributed by atoms with Gasteiger partial charge in [-0.25, -0.2) is 9.97 Å². The van der Waals surface area contributed by atoms with Crippen LogP contribution in [-0.4, -0.2) is 68.9 Å². The lowest BCUT2D eigenvalue weighted by Crippen LogP contribution is -2.41. The molecule has 2 N–H and O–H groups in total. The van der Waals surface area contributed by atoms with Crippen molar-refractivity contribution in [1.29, 1.82) is 0 Å². The Bertz CT molecular complexity index is 1650. The largest absolute Gasteiger partial charge is 0.494 e. The summed E-state index contributed by atoms with van der Waals surface area (Å²) in [5.74, 6) is 3.19. The van der Waals surface area contributed by atoms with E-state index in [1.807, 2.05) is 29.3 Å². The highest BCUT2D eigenvalue weighted by Crippen LogP contribution is 2.41. The number of aromatic nitrogens is 4. The van der Waals surface area contributed by atoms with Gasteiger partial charge in [0.1, 0.15) is 16.9 Å². The first-order valence-electron chi connectivity index (χ1n) is 15.1. The lowest BCUT2D eigenvalue weighted by atomic mass is 9.82. The number of carbonyl (C=O) groups excluding carboxylic acids is 1. The third kappa shape index (κ3) is 4.07. The lowest BCUT2D eigenvalue weighted by molar-refractivity contribution is -0.00392. The van der Waals surface area contributed by atoms with Crippen LogP contribution in [0.15, 0.2) is 36.5 Å². The molecule has 9 heteroatoms. The monoisotopic (exact) mass is 554 g/mol. The quantitative estimate of drug-likeness (QED) is 0.345. The number of fused-ring (bicyclic) bond motifs is 4. The Morgan fingerprint density at radius 1 is 1.05 bits per heavy atom. The molecule has 0 radical (unpaired) electrons. The summed E-state index contributed by atoms with van der Waals surface area (Å²) >= 11 is 0. The van der Waals surface area contributed by atoms with Crippen molar-refractivity contribution in [3.05, 3.63) is 42.1 Å². The molecule has 1 saturated heterocycles. The minimum Gasteiger partial charge on any atom is -0.494 e. The molecule has 1 aliphatic heterocycles. The van der Waals surface area contributed by atoms with Gasteiger partial charge in [-0.3, -0.25) is 4.79 Å². The fourth-order valence-electron chi connectivity index (χ4n) is 7.62. The minimum atomic E-state index is 0.0259. The van der Waals surface area contributed by atoms with E-state index >= 15 is 0 Å². The van der Waals surface area contributed by atoms with Crippen molar-refractivity contribution in [2.75, 3.05) is 20.8 Å². The van der Waals surface area contributed by atoms with Crippen LogP contribution in [0.4, 0.5) is 0 Å². The number of rotatable bonds is 8. The number of methoxy groups -OCH3 is 2. The van der Waals surface area contributed by atoms with Gasteiger partial charge in [0.2, 0.25) is 0 Å². The molecule has 2 bridgehead atoms. The Hall–Kier alpha value is -3.43. The lowest BCUT2D eigenvalue weighted by Gasteiger charge is -2.34. The van der Waals surface area contributed by atoms with E-state index in [1.165, 1.54) is 12.8 Å². The molecule has 0 spiro atoms. The van der Waals surface area contributed by atoms with Gasteiger partial charge in [0.05, 0.1) is 24.4 Å². The molecule has 4 fully saturated rings. The maximum Gasteiger partial charge on any atom is 0.254 e. The molecule has 3 aliphatic carbocycles. The molecule has 41 heavy (non-hydrogen) atoms. The summed E-state index contributed by atoms with van der Waals surface area (Å²) in [6.45, 7) is 2.49. The van der Waals surface area contributed by atoms with Crippen LogP contribution in [-0.2, 0) is 17.8 Å². The number of nitrogens with zero attached hydrogens (tertiary/aromatic N) is 5. The molecule has 8 rings (SSSR count). The van der Waals surface area contributed by atoms with Gasteiger partial charge in [-0.15, -0.1) is 0 Å². The molecular weight excluding hydrogens is 516 g/mol. The summed E-state index contributed by atoms with van der Waals surface area (Å²) in [4.78, 5) is 25.8. The van der Waals surface area contributed by atoms with Crippen LogP contribution >= 0.6 is 0 Å². The third-order valence-corrected chi connectivity index (χ3v) is 10.2. The summed E-state index contributed by atoms with van der Waals surface area (Å²) in [5.41, 5.74) is 10.9. The molecule has 4 aromatic rings. The Kier molecular flexibility index (Phi) is 5.90. The number of likely N-dealkylation sites (tertiary alicyclic amines) is 1. The van der Waals surface area contributed by atoms with Crippen LogP contribution in [0.2, 0.25) is 0 Å². The third-order valence-electron chi connectivity index (χ3n) is 10.2. The summed E-state index contributed by atoms with van der Waals surface area (Å²) in [6.07, 6.45) is 8.85. The summed E-state index contributed by atoms with van der Waals surface area (Å²) in [5, 5.41) is 1.12. The van der Waals surface area contributed by atoms with Crippen molar-refractivity contribution in [1.82, 2.24) is 24.0 Å². The normalized spacial score (nSPS) is 27.2. The highest BCUT2D eigenvalue weighted by atomic mass is 16.5. The Balaban J connectivity index is 1.27. The van der Waals surface area contributed by atoms with E-state index in [0.717, 1.165) is 78.9 Å². The van der Waals surface area contributed by atoms with Crippen LogP contribution in [0, 0.1) is 17.8 Å². The fourth-order valence-corrected chi connectivity index (χ4v) is 7.62. The summed E-state index contributed by atoms with van der Waals surface area (Å²) in [7, 11) is 3.48. The second-order valence-corrected chi connectivity index (χ2v) is 12.7. The Morgan fingerprint density at radius 2 is 1.88 bits per heavy atom. The van der Waals surface area contributed by atoms with E-state index in [0.29, 0.717) is 35.2 Å². The Morgan fingerprint density at radius 3 is 2.59 bits per heavy atom. The van der Waals surface area contributed by atoms with Gasteiger partial charge in [-0.05, 0) is 86.6 Å². The van der Waals surface area contributed by atoms with Crippen molar-refractivity contribution in [3.8, 4) is 17.3 Å². The predicted molar refractivity (Wildman–Crippen MR) is 157 cm³/mol. The van der Waals surface area contributed by atoms with E-state index in [9.17, 15) is 4.79 Å². The number of piperidine rings is 1. The number of pyridine rings is 1. The molecule has 1 amide bonds. The standard InChI is InChI=1S/C32H38N6O3/c1-40-23-10-19(11-23)16-38-29-24(12-22(14-27(29)41-2)32(39)37-17-21-7-8-25(37)28(21)33)35-31(38)26-13-20-4-3-9-34-30(20)36(26)15-18-5-6-18/h3-4,9,12-14,18-19,21,23,25,28H,5-8,10-11,15-17,33H2,1-2H3/t19?,21-,23?,25-,28-/m1/s1. The zero-order valence-electron chi connectivity index (χ0n) is 23.8. The molecule has 1 aromatic carbocycles. The smallest absolute Gasteiger partial charge is 0.254 e. The zero-order valence-corrected chi connectivity index (χ0v) is 23.8. The van der Waals surface area contributed by atoms with Gasteiger partial charge in [0, 0.05) is 56.0 Å². The number of nitrogens with two attached hydrogens (primary N) is 1. The van der Waals surface area contributed by atoms with E-state index in [4.69, 9.17) is 25.2 Å². The van der Waals surface area contributed by atoms with E-state index in [2.05, 4.69) is 21.3 Å². The van der Waals surface area contributed by atoms with Crippen molar-refractivity contribution in [2.24, 2.45) is 23.5 Å². The maximum absolute atomic E-state index is 13.8. The van der Waals surface area contributed by atoms with Gasteiger partial charge in [-0.2, -0.15) is 0 Å². The first-order valence-corrected chi connectivity index (χ1v) is 15.1. The summed E-state index contributed by atoms with van der Waals surface area (Å²) < 4.78 is 16.3. The van der Waals surface area contributed by atoms with Crippen LogP contribution in [0.25, 0.3) is 33.6 Å². The van der Waals surface area contributed by atoms with Crippen LogP contribution in [0.3, 0.4) is 0 Å². The zero-order chi connectivity index (χ0) is 27.8. The Labute approximate surface area is 239 Å². The molecule has 3 saturated carbocycles. The average Bonchev–Trinajstić information content (AvgIpc) is 3.32. The number of hydrogen-bond donors (Lipinski definition) is 1. The number of carbonyl (C=O) groups is 1. The molecule has 3 atom stereocenters. The molecule has 214 valence electrons. The SMILES string of the molecule is COc1cc(C(=O)N2C[C@H]3CC[C@@H]2[C@@H]3N)cc2nc(-c3cc4cccnc4n3CC3CC3)n(CC3CC(OC)C3)c12. The van der Waals surface area contributed by atoms with Gasteiger partial charge in [0.15, 0.2) is 5.82 Å². The van der Waals surface area contributed by atoms with Crippen molar-refractivity contribution < 1.29 is 14.3 Å². The van der Waals surface area contributed by atoms with Crippen molar-refractivity contribution in [2.45, 2.75) is 69.8 Å². The second kappa shape index (κ2) is 9.56. The van der Waals surface area contributed by atoms with Gasteiger partial charge < -0.3 is 29.2 Å². The molecule has 0 unspecified atom stereocenters. The maximum atomic E-state index is 13.8. The molecule has 4 heterocycles. The number of imidazole rings is 1. The van der Waals surface area contributed by atoms with Crippen molar-refractivity contribution in [3.63, 3.8) is 0 Å². The minimum absolute atomic E-state index is 0.0259. The van der Waals surface area contributed by atoms with Crippen LogP contribution < -0.4 is 10.5 Å². The number of benzene rings is 1. The number of ether oxygens (including phenoxy) is 2. The van der Waals surface area contributed by atoms with E-state index in [-0.39, 0.29) is 18.0 Å². The summed E-state index contributed by atoms with van der Waals surface area (Å²) in [6, 6.07) is 10.4. The number of hydrogen-bond acceptors (Lipinski definition) is 6. The fraction of sp³-hybridized carbons (Fsp3) is 0.531.